The Morgan fingerprint density at radius 1 is 1.03 bits per heavy atom. The van der Waals surface area contributed by atoms with E-state index in [1.165, 1.54) is 16.0 Å². The molecule has 2 amide bonds. The first kappa shape index (κ1) is 22.5. The minimum atomic E-state index is -0.128. The molecule has 4 atom stereocenters. The molecule has 1 aliphatic heterocycles. The van der Waals surface area contributed by atoms with E-state index in [0.717, 1.165) is 26.1 Å². The van der Waals surface area contributed by atoms with Crippen LogP contribution in [0.2, 0.25) is 0 Å². The molecular weight excluding hydrogens is 402 g/mol. The van der Waals surface area contributed by atoms with Crippen LogP contribution in [-0.4, -0.2) is 60.8 Å². The summed E-state index contributed by atoms with van der Waals surface area (Å²) < 4.78 is 0. The third-order valence-electron chi connectivity index (χ3n) is 7.27. The molecule has 4 unspecified atom stereocenters. The van der Waals surface area contributed by atoms with Gasteiger partial charge in [-0.25, -0.2) is 0 Å². The second-order valence-corrected chi connectivity index (χ2v) is 8.91. The molecule has 32 heavy (non-hydrogen) atoms. The summed E-state index contributed by atoms with van der Waals surface area (Å²) in [6.07, 6.45) is 5.22. The number of fused-ring (bicyclic) bond motifs is 5. The Balaban J connectivity index is 1.28. The van der Waals surface area contributed by atoms with Crippen molar-refractivity contribution in [1.82, 2.24) is 20.4 Å². The molecule has 2 fully saturated rings. The number of allylic oxidation sites excluding steroid dienone is 2. The predicted molar refractivity (Wildman–Crippen MR) is 126 cm³/mol. The molecule has 7 heteroatoms. The van der Waals surface area contributed by atoms with E-state index in [2.05, 4.69) is 70.8 Å². The molecule has 4 rings (SSSR count). The van der Waals surface area contributed by atoms with Gasteiger partial charge in [0, 0.05) is 33.2 Å². The molecular formula is C25H35N5O2. The minimum absolute atomic E-state index is 0.00641. The van der Waals surface area contributed by atoms with Crippen molar-refractivity contribution in [3.05, 3.63) is 47.5 Å². The van der Waals surface area contributed by atoms with E-state index >= 15 is 0 Å². The van der Waals surface area contributed by atoms with Crippen LogP contribution in [0.25, 0.3) is 0 Å². The second kappa shape index (κ2) is 9.86. The van der Waals surface area contributed by atoms with Crippen LogP contribution >= 0.6 is 0 Å². The molecule has 172 valence electrons. The molecule has 0 radical (unpaired) electrons. The lowest BCUT2D eigenvalue weighted by Crippen LogP contribution is -2.43. The highest BCUT2D eigenvalue weighted by Gasteiger charge is 2.58. The van der Waals surface area contributed by atoms with Crippen molar-refractivity contribution in [3.63, 3.8) is 0 Å². The van der Waals surface area contributed by atoms with Gasteiger partial charge < -0.3 is 10.6 Å². The van der Waals surface area contributed by atoms with E-state index in [0.29, 0.717) is 25.6 Å². The zero-order valence-electron chi connectivity index (χ0n) is 19.4. The predicted octanol–water partition coefficient (Wildman–Crippen LogP) is 2.00. The highest BCUT2D eigenvalue weighted by atomic mass is 16.2. The summed E-state index contributed by atoms with van der Waals surface area (Å²) in [5.41, 5.74) is 2.55. The number of carbonyl (C=O) groups excluding carboxylic acids is 2. The SMILES string of the molecule is CCN(CC)Cc1ccccc1CNC(=NC)NCCN1C(=O)C2C3C=CC(C3)C2C1=O. The van der Waals surface area contributed by atoms with Gasteiger partial charge in [-0.05, 0) is 42.5 Å². The van der Waals surface area contributed by atoms with Crippen LogP contribution in [0.5, 0.6) is 0 Å². The number of benzene rings is 1. The Morgan fingerprint density at radius 2 is 1.66 bits per heavy atom. The van der Waals surface area contributed by atoms with Gasteiger partial charge in [0.1, 0.15) is 0 Å². The summed E-state index contributed by atoms with van der Waals surface area (Å²) in [7, 11) is 1.73. The van der Waals surface area contributed by atoms with Crippen LogP contribution in [0.3, 0.4) is 0 Å². The summed E-state index contributed by atoms with van der Waals surface area (Å²) >= 11 is 0. The van der Waals surface area contributed by atoms with Crippen molar-refractivity contribution in [2.45, 2.75) is 33.4 Å². The number of likely N-dealkylation sites (tertiary alicyclic amines) is 1. The number of aliphatic imine (C=N–C) groups is 1. The van der Waals surface area contributed by atoms with Gasteiger partial charge in [-0.3, -0.25) is 24.4 Å². The molecule has 1 saturated heterocycles. The Morgan fingerprint density at radius 3 is 2.25 bits per heavy atom. The first-order chi connectivity index (χ1) is 15.6. The third kappa shape index (κ3) is 4.31. The zero-order valence-corrected chi connectivity index (χ0v) is 19.4. The Hall–Kier alpha value is -2.67. The van der Waals surface area contributed by atoms with Crippen molar-refractivity contribution in [2.75, 3.05) is 33.2 Å². The lowest BCUT2D eigenvalue weighted by atomic mass is 9.85. The minimum Gasteiger partial charge on any atom is -0.355 e. The summed E-state index contributed by atoms with van der Waals surface area (Å²) in [4.78, 5) is 33.8. The van der Waals surface area contributed by atoms with Crippen molar-refractivity contribution >= 4 is 17.8 Å². The molecule has 1 saturated carbocycles. The number of nitrogens with zero attached hydrogens (tertiary/aromatic N) is 3. The van der Waals surface area contributed by atoms with Gasteiger partial charge in [-0.1, -0.05) is 50.3 Å². The fourth-order valence-electron chi connectivity index (χ4n) is 5.44. The largest absolute Gasteiger partial charge is 0.355 e. The van der Waals surface area contributed by atoms with Gasteiger partial charge in [0.25, 0.3) is 0 Å². The first-order valence-corrected chi connectivity index (χ1v) is 11.8. The normalized spacial score (nSPS) is 26.4. The number of rotatable bonds is 9. The van der Waals surface area contributed by atoms with E-state index in [1.54, 1.807) is 7.05 Å². The monoisotopic (exact) mass is 437 g/mol. The Labute approximate surface area is 190 Å². The number of guanidine groups is 1. The maximum absolute atomic E-state index is 12.8. The first-order valence-electron chi connectivity index (χ1n) is 11.8. The molecule has 1 heterocycles. The van der Waals surface area contributed by atoms with Gasteiger partial charge in [0.2, 0.25) is 11.8 Å². The van der Waals surface area contributed by atoms with Crippen LogP contribution in [0, 0.1) is 23.7 Å². The standard InChI is InChI=1S/C25H35N5O2/c1-4-29(5-2)16-20-9-7-6-8-19(20)15-28-25(26-3)27-12-13-30-23(31)21-17-10-11-18(14-17)22(21)24(30)32/h6-11,17-18,21-22H,4-5,12-16H2,1-3H3,(H2,26,27,28). The van der Waals surface area contributed by atoms with Gasteiger partial charge in [-0.15, -0.1) is 0 Å². The fraction of sp³-hybridized carbons (Fsp3) is 0.560. The maximum atomic E-state index is 12.8. The smallest absolute Gasteiger partial charge is 0.233 e. The number of imide groups is 1. The molecule has 1 aromatic rings. The van der Waals surface area contributed by atoms with E-state index < -0.39 is 0 Å². The average Bonchev–Trinajstić information content (AvgIpc) is 3.50. The number of amides is 2. The number of nitrogens with one attached hydrogen (secondary N) is 2. The van der Waals surface area contributed by atoms with Gasteiger partial charge in [0.05, 0.1) is 11.8 Å². The van der Waals surface area contributed by atoms with E-state index in [4.69, 9.17) is 0 Å². The molecule has 0 aromatic heterocycles. The van der Waals surface area contributed by atoms with Crippen molar-refractivity contribution in [2.24, 2.45) is 28.7 Å². The summed E-state index contributed by atoms with van der Waals surface area (Å²) in [6.45, 7) is 8.86. The summed E-state index contributed by atoms with van der Waals surface area (Å²) in [5, 5.41) is 6.63. The molecule has 7 nitrogen and oxygen atoms in total. The van der Waals surface area contributed by atoms with Crippen LogP contribution in [0.1, 0.15) is 31.4 Å². The molecule has 3 aliphatic rings. The molecule has 2 aliphatic carbocycles. The number of hydrogen-bond acceptors (Lipinski definition) is 4. The lowest BCUT2D eigenvalue weighted by Gasteiger charge is -2.21. The Bertz CT molecular complexity index is 877. The molecule has 2 bridgehead atoms. The van der Waals surface area contributed by atoms with Crippen LogP contribution < -0.4 is 10.6 Å². The second-order valence-electron chi connectivity index (χ2n) is 8.91. The quantitative estimate of drug-likeness (QED) is 0.267. The van der Waals surface area contributed by atoms with Gasteiger partial charge in [-0.2, -0.15) is 0 Å². The third-order valence-corrected chi connectivity index (χ3v) is 7.27. The lowest BCUT2D eigenvalue weighted by molar-refractivity contribution is -0.140. The molecule has 1 aromatic carbocycles. The van der Waals surface area contributed by atoms with Crippen molar-refractivity contribution in [1.29, 1.82) is 0 Å². The highest BCUT2D eigenvalue weighted by molar-refractivity contribution is 6.06. The van der Waals surface area contributed by atoms with Crippen LogP contribution in [0.15, 0.2) is 41.4 Å². The fourth-order valence-corrected chi connectivity index (χ4v) is 5.44. The van der Waals surface area contributed by atoms with Crippen molar-refractivity contribution < 1.29 is 9.59 Å². The van der Waals surface area contributed by atoms with E-state index in [1.807, 2.05) is 0 Å². The average molecular weight is 438 g/mol. The summed E-state index contributed by atoms with van der Waals surface area (Å²) in [5.74, 6) is 0.938. The van der Waals surface area contributed by atoms with Crippen LogP contribution in [-0.2, 0) is 22.7 Å². The Kier molecular flexibility index (Phi) is 6.94. The maximum Gasteiger partial charge on any atom is 0.233 e. The van der Waals surface area contributed by atoms with Crippen LogP contribution in [0.4, 0.5) is 0 Å². The van der Waals surface area contributed by atoms with Gasteiger partial charge in [0.15, 0.2) is 5.96 Å². The summed E-state index contributed by atoms with van der Waals surface area (Å²) in [6, 6.07) is 8.45. The zero-order chi connectivity index (χ0) is 22.7. The van der Waals surface area contributed by atoms with E-state index in [-0.39, 0.29) is 35.5 Å². The number of hydrogen-bond donors (Lipinski definition) is 2. The van der Waals surface area contributed by atoms with Gasteiger partial charge >= 0.3 is 0 Å². The van der Waals surface area contributed by atoms with E-state index in [9.17, 15) is 9.59 Å². The number of carbonyl (C=O) groups is 2. The molecule has 0 spiro atoms. The molecule has 2 N–H and O–H groups in total. The topological polar surface area (TPSA) is 77.0 Å². The highest BCUT2D eigenvalue weighted by Crippen LogP contribution is 2.52. The van der Waals surface area contributed by atoms with Crippen molar-refractivity contribution in [3.8, 4) is 0 Å².